The third kappa shape index (κ3) is 1.91. The van der Waals surface area contributed by atoms with Crippen molar-refractivity contribution in [3.63, 3.8) is 0 Å². The molecule has 1 N–H and O–H groups in total. The summed E-state index contributed by atoms with van der Waals surface area (Å²) in [6.07, 6.45) is 1.56. The van der Waals surface area contributed by atoms with Crippen molar-refractivity contribution in [2.45, 2.75) is 6.92 Å². The maximum atomic E-state index is 12.5. The van der Waals surface area contributed by atoms with E-state index in [9.17, 15) is 9.59 Å². The van der Waals surface area contributed by atoms with Crippen LogP contribution in [0.15, 0.2) is 43.0 Å². The van der Waals surface area contributed by atoms with E-state index in [0.29, 0.717) is 11.1 Å². The van der Waals surface area contributed by atoms with Gasteiger partial charge >= 0.3 is 0 Å². The summed E-state index contributed by atoms with van der Waals surface area (Å²) < 4.78 is 0. The van der Waals surface area contributed by atoms with Crippen LogP contribution >= 0.6 is 0 Å². The minimum Gasteiger partial charge on any atom is -0.385 e. The predicted octanol–water partition coefficient (Wildman–Crippen LogP) is 3.05. The molecule has 1 heterocycles. The van der Waals surface area contributed by atoms with Gasteiger partial charge in [-0.3, -0.25) is 14.5 Å². The van der Waals surface area contributed by atoms with Gasteiger partial charge in [0.2, 0.25) is 0 Å². The van der Waals surface area contributed by atoms with Gasteiger partial charge in [-0.2, -0.15) is 0 Å². The largest absolute Gasteiger partial charge is 0.385 e. The number of benzene rings is 2. The van der Waals surface area contributed by atoms with E-state index in [1.54, 1.807) is 18.2 Å². The Labute approximate surface area is 123 Å². The van der Waals surface area contributed by atoms with Crippen molar-refractivity contribution < 1.29 is 9.59 Å². The molecule has 0 saturated heterocycles. The van der Waals surface area contributed by atoms with Crippen molar-refractivity contribution in [3.8, 4) is 0 Å². The maximum absolute atomic E-state index is 12.5. The minimum absolute atomic E-state index is 0.225. The minimum atomic E-state index is -0.258. The van der Waals surface area contributed by atoms with Crippen LogP contribution in [0.5, 0.6) is 0 Å². The SMILES string of the molecule is C=CCN1C(=O)c2cccc3c(NCC)ccc(c23)C1=O. The van der Waals surface area contributed by atoms with Gasteiger partial charge in [-0.15, -0.1) is 6.58 Å². The molecule has 21 heavy (non-hydrogen) atoms. The van der Waals surface area contributed by atoms with E-state index < -0.39 is 0 Å². The van der Waals surface area contributed by atoms with Crippen molar-refractivity contribution in [1.29, 1.82) is 0 Å². The summed E-state index contributed by atoms with van der Waals surface area (Å²) in [5, 5.41) is 4.92. The normalized spacial score (nSPS) is 13.7. The average Bonchev–Trinajstić information content (AvgIpc) is 2.50. The lowest BCUT2D eigenvalue weighted by molar-refractivity contribution is 0.0629. The second-order valence-corrected chi connectivity index (χ2v) is 4.93. The van der Waals surface area contributed by atoms with Gasteiger partial charge in [-0.05, 0) is 25.1 Å². The zero-order chi connectivity index (χ0) is 15.0. The van der Waals surface area contributed by atoms with Crippen LogP contribution in [0.3, 0.4) is 0 Å². The van der Waals surface area contributed by atoms with Crippen molar-refractivity contribution >= 4 is 28.3 Å². The molecule has 4 nitrogen and oxygen atoms in total. The molecule has 0 spiro atoms. The number of rotatable bonds is 4. The Balaban J connectivity index is 2.30. The van der Waals surface area contributed by atoms with Crippen LogP contribution in [-0.2, 0) is 0 Å². The Kier molecular flexibility index (Phi) is 3.22. The first-order valence-electron chi connectivity index (χ1n) is 6.95. The van der Waals surface area contributed by atoms with Crippen LogP contribution in [0, 0.1) is 0 Å². The van der Waals surface area contributed by atoms with Crippen LogP contribution in [0.1, 0.15) is 27.6 Å². The topological polar surface area (TPSA) is 49.4 Å². The predicted molar refractivity (Wildman–Crippen MR) is 83.7 cm³/mol. The van der Waals surface area contributed by atoms with Crippen LogP contribution in [-0.4, -0.2) is 29.8 Å². The fourth-order valence-electron chi connectivity index (χ4n) is 2.79. The van der Waals surface area contributed by atoms with Crippen LogP contribution in [0.2, 0.25) is 0 Å². The Morgan fingerprint density at radius 1 is 1.14 bits per heavy atom. The number of carbonyl (C=O) groups excluding carboxylic acids is 2. The molecule has 0 aliphatic carbocycles. The number of nitrogens with zero attached hydrogens (tertiary/aromatic N) is 1. The lowest BCUT2D eigenvalue weighted by Crippen LogP contribution is -2.40. The molecule has 4 heteroatoms. The third-order valence-electron chi connectivity index (χ3n) is 3.67. The molecule has 2 aromatic carbocycles. The van der Waals surface area contributed by atoms with E-state index in [4.69, 9.17) is 0 Å². The van der Waals surface area contributed by atoms with Gasteiger partial charge in [-0.25, -0.2) is 0 Å². The molecule has 0 saturated carbocycles. The third-order valence-corrected chi connectivity index (χ3v) is 3.67. The first-order valence-corrected chi connectivity index (χ1v) is 6.95. The van der Waals surface area contributed by atoms with Crippen molar-refractivity contribution in [2.75, 3.05) is 18.4 Å². The summed E-state index contributed by atoms with van der Waals surface area (Å²) in [6, 6.07) is 9.23. The standard InChI is InChI=1S/C17H16N2O2/c1-3-10-19-16(20)12-7-5-6-11-14(18-4-2)9-8-13(15(11)12)17(19)21/h3,5-9,18H,1,4,10H2,2H3. The molecule has 1 aliphatic heterocycles. The number of anilines is 1. The lowest BCUT2D eigenvalue weighted by atomic mass is 9.93. The van der Waals surface area contributed by atoms with Gasteiger partial charge < -0.3 is 5.32 Å². The highest BCUT2D eigenvalue weighted by Gasteiger charge is 2.32. The number of carbonyl (C=O) groups is 2. The fraction of sp³-hybridized carbons (Fsp3) is 0.176. The zero-order valence-corrected chi connectivity index (χ0v) is 11.8. The number of nitrogens with one attached hydrogen (secondary N) is 1. The molecule has 0 bridgehead atoms. The van der Waals surface area contributed by atoms with Crippen molar-refractivity contribution in [1.82, 2.24) is 4.90 Å². The van der Waals surface area contributed by atoms with E-state index in [0.717, 1.165) is 23.0 Å². The number of hydrogen-bond acceptors (Lipinski definition) is 3. The van der Waals surface area contributed by atoms with Crippen molar-refractivity contribution in [2.24, 2.45) is 0 Å². The van der Waals surface area contributed by atoms with Gasteiger partial charge in [-0.1, -0.05) is 18.2 Å². The molecule has 0 fully saturated rings. The van der Waals surface area contributed by atoms with Crippen LogP contribution in [0.25, 0.3) is 10.8 Å². The Morgan fingerprint density at radius 3 is 2.52 bits per heavy atom. The molecular formula is C17H16N2O2. The van der Waals surface area contributed by atoms with Crippen molar-refractivity contribution in [3.05, 3.63) is 54.1 Å². The number of imide groups is 1. The fourth-order valence-corrected chi connectivity index (χ4v) is 2.79. The monoisotopic (exact) mass is 280 g/mol. The Morgan fingerprint density at radius 2 is 1.86 bits per heavy atom. The quantitative estimate of drug-likeness (QED) is 0.691. The maximum Gasteiger partial charge on any atom is 0.261 e. The molecule has 2 aromatic rings. The Bertz CT molecular complexity index is 742. The number of amides is 2. The van der Waals surface area contributed by atoms with Gasteiger partial charge in [0.05, 0.1) is 0 Å². The molecule has 3 rings (SSSR count). The van der Waals surface area contributed by atoms with Gasteiger partial charge in [0.15, 0.2) is 0 Å². The summed E-state index contributed by atoms with van der Waals surface area (Å²) in [6.45, 7) is 6.63. The van der Waals surface area contributed by atoms with Gasteiger partial charge in [0.1, 0.15) is 0 Å². The molecular weight excluding hydrogens is 264 g/mol. The first-order chi connectivity index (χ1) is 10.2. The van der Waals surface area contributed by atoms with Crippen LogP contribution < -0.4 is 5.32 Å². The highest BCUT2D eigenvalue weighted by molar-refractivity contribution is 6.26. The molecule has 0 aromatic heterocycles. The summed E-state index contributed by atoms with van der Waals surface area (Å²) >= 11 is 0. The Hall–Kier alpha value is -2.62. The number of hydrogen-bond donors (Lipinski definition) is 1. The smallest absolute Gasteiger partial charge is 0.261 e. The second-order valence-electron chi connectivity index (χ2n) is 4.93. The van der Waals surface area contributed by atoms with Gasteiger partial charge in [0.25, 0.3) is 11.8 Å². The van der Waals surface area contributed by atoms with E-state index in [-0.39, 0.29) is 18.4 Å². The van der Waals surface area contributed by atoms with E-state index in [1.165, 1.54) is 4.90 Å². The average molecular weight is 280 g/mol. The lowest BCUT2D eigenvalue weighted by Gasteiger charge is -2.26. The molecule has 1 aliphatic rings. The molecule has 0 unspecified atom stereocenters. The van der Waals surface area contributed by atoms with E-state index in [2.05, 4.69) is 11.9 Å². The highest BCUT2D eigenvalue weighted by atomic mass is 16.2. The molecule has 0 atom stereocenters. The summed E-state index contributed by atoms with van der Waals surface area (Å²) in [4.78, 5) is 26.3. The molecule has 0 radical (unpaired) electrons. The first kappa shape index (κ1) is 13.4. The summed E-state index contributed by atoms with van der Waals surface area (Å²) in [5.74, 6) is -0.515. The van der Waals surface area contributed by atoms with E-state index in [1.807, 2.05) is 25.1 Å². The molecule has 106 valence electrons. The summed E-state index contributed by atoms with van der Waals surface area (Å²) in [7, 11) is 0. The second kappa shape index (κ2) is 5.05. The zero-order valence-electron chi connectivity index (χ0n) is 11.8. The van der Waals surface area contributed by atoms with Gasteiger partial charge in [0, 0.05) is 40.7 Å². The summed E-state index contributed by atoms with van der Waals surface area (Å²) in [5.41, 5.74) is 2.09. The van der Waals surface area contributed by atoms with Crippen LogP contribution in [0.4, 0.5) is 5.69 Å². The molecule has 2 amide bonds. The highest BCUT2D eigenvalue weighted by Crippen LogP contribution is 2.34. The van der Waals surface area contributed by atoms with E-state index >= 15 is 0 Å².